The second-order valence-corrected chi connectivity index (χ2v) is 5.18. The molecule has 0 aliphatic heterocycles. The Balaban J connectivity index is 1.92. The van der Waals surface area contributed by atoms with Gasteiger partial charge < -0.3 is 9.84 Å². The molecule has 0 saturated heterocycles. The smallest absolute Gasteiger partial charge is 0.165 e. The second-order valence-electron chi connectivity index (χ2n) is 5.18. The number of aryl methyl sites for hydroxylation is 2. The minimum absolute atomic E-state index is 0.190. The average Bonchev–Trinajstić information content (AvgIpc) is 2.93. The molecule has 1 N–H and O–H groups in total. The van der Waals surface area contributed by atoms with Gasteiger partial charge in [-0.1, -0.05) is 24.3 Å². The van der Waals surface area contributed by atoms with Crippen LogP contribution in [0.15, 0.2) is 36.4 Å². The van der Waals surface area contributed by atoms with Crippen molar-refractivity contribution < 1.29 is 14.2 Å². The van der Waals surface area contributed by atoms with E-state index < -0.39 is 11.9 Å². The van der Waals surface area contributed by atoms with Crippen LogP contribution >= 0.6 is 0 Å². The molecule has 3 rings (SSSR count). The van der Waals surface area contributed by atoms with Crippen LogP contribution in [0, 0.1) is 5.82 Å². The molecule has 1 aliphatic carbocycles. The van der Waals surface area contributed by atoms with Crippen molar-refractivity contribution in [2.45, 2.75) is 25.4 Å². The molecular weight excluding hydrogens is 255 g/mol. The number of halogens is 1. The summed E-state index contributed by atoms with van der Waals surface area (Å²) in [6.45, 7) is 0. The molecule has 0 radical (unpaired) electrons. The van der Waals surface area contributed by atoms with Gasteiger partial charge in [-0.3, -0.25) is 0 Å². The van der Waals surface area contributed by atoms with Gasteiger partial charge in [0.2, 0.25) is 0 Å². The van der Waals surface area contributed by atoms with Crippen LogP contribution < -0.4 is 4.74 Å². The van der Waals surface area contributed by atoms with Crippen LogP contribution in [0.2, 0.25) is 0 Å². The highest BCUT2D eigenvalue weighted by molar-refractivity contribution is 5.40. The summed E-state index contributed by atoms with van der Waals surface area (Å²) in [6, 6.07) is 10.6. The van der Waals surface area contributed by atoms with E-state index >= 15 is 0 Å². The van der Waals surface area contributed by atoms with Gasteiger partial charge in [0.15, 0.2) is 11.6 Å². The van der Waals surface area contributed by atoms with Crippen LogP contribution in [0.1, 0.15) is 34.8 Å². The third kappa shape index (κ3) is 2.29. The predicted molar refractivity (Wildman–Crippen MR) is 75.5 cm³/mol. The number of rotatable bonds is 3. The number of methoxy groups -OCH3 is 1. The molecule has 1 atom stereocenters. The van der Waals surface area contributed by atoms with Crippen molar-refractivity contribution in [2.75, 3.05) is 7.11 Å². The lowest BCUT2D eigenvalue weighted by atomic mass is 9.98. The van der Waals surface area contributed by atoms with Gasteiger partial charge in [0.25, 0.3) is 0 Å². The van der Waals surface area contributed by atoms with Crippen molar-refractivity contribution in [2.24, 2.45) is 0 Å². The minimum atomic E-state index is -0.804. The molecule has 2 aromatic rings. The Morgan fingerprint density at radius 2 is 1.75 bits per heavy atom. The monoisotopic (exact) mass is 272 g/mol. The Kier molecular flexibility index (Phi) is 3.45. The molecule has 0 bridgehead atoms. The SMILES string of the molecule is COc1ccc(C(O)c2ccc3c(c2)CCC3)cc1F. The summed E-state index contributed by atoms with van der Waals surface area (Å²) in [5.74, 6) is -0.264. The topological polar surface area (TPSA) is 29.5 Å². The summed E-state index contributed by atoms with van der Waals surface area (Å²) in [6.07, 6.45) is 2.54. The lowest BCUT2D eigenvalue weighted by molar-refractivity contribution is 0.219. The van der Waals surface area contributed by atoms with E-state index in [1.807, 2.05) is 12.1 Å². The lowest BCUT2D eigenvalue weighted by Gasteiger charge is -2.14. The van der Waals surface area contributed by atoms with Gasteiger partial charge in [0, 0.05) is 0 Å². The molecule has 1 unspecified atom stereocenters. The van der Waals surface area contributed by atoms with E-state index in [1.165, 1.54) is 30.7 Å². The Hall–Kier alpha value is -1.87. The number of benzene rings is 2. The molecule has 0 saturated carbocycles. The quantitative estimate of drug-likeness (QED) is 0.928. The van der Waals surface area contributed by atoms with Gasteiger partial charge >= 0.3 is 0 Å². The van der Waals surface area contributed by atoms with Crippen LogP contribution in [-0.4, -0.2) is 12.2 Å². The fraction of sp³-hybridized carbons (Fsp3) is 0.294. The Labute approximate surface area is 117 Å². The molecule has 104 valence electrons. The molecule has 0 spiro atoms. The highest BCUT2D eigenvalue weighted by atomic mass is 19.1. The molecule has 0 aromatic heterocycles. The maximum absolute atomic E-state index is 13.7. The molecule has 3 heteroatoms. The van der Waals surface area contributed by atoms with Crippen molar-refractivity contribution in [3.63, 3.8) is 0 Å². The van der Waals surface area contributed by atoms with Crippen LogP contribution in [0.5, 0.6) is 5.75 Å². The lowest BCUT2D eigenvalue weighted by Crippen LogP contribution is -2.02. The van der Waals surface area contributed by atoms with Gasteiger partial charge in [-0.2, -0.15) is 0 Å². The zero-order valence-corrected chi connectivity index (χ0v) is 11.4. The van der Waals surface area contributed by atoms with E-state index in [0.717, 1.165) is 18.4 Å². The zero-order chi connectivity index (χ0) is 14.1. The van der Waals surface area contributed by atoms with E-state index in [4.69, 9.17) is 4.74 Å². The molecular formula is C17H17FO2. The number of ether oxygens (including phenoxy) is 1. The molecule has 2 nitrogen and oxygen atoms in total. The molecule has 0 fully saturated rings. The molecule has 2 aromatic carbocycles. The summed E-state index contributed by atoms with van der Waals surface area (Å²) in [5, 5.41) is 10.4. The first kappa shape index (κ1) is 13.1. The highest BCUT2D eigenvalue weighted by Gasteiger charge is 2.17. The van der Waals surface area contributed by atoms with Gasteiger partial charge in [-0.15, -0.1) is 0 Å². The third-order valence-corrected chi connectivity index (χ3v) is 3.93. The summed E-state index contributed by atoms with van der Waals surface area (Å²) in [7, 11) is 1.43. The first-order valence-corrected chi connectivity index (χ1v) is 6.82. The van der Waals surface area contributed by atoms with E-state index in [-0.39, 0.29) is 5.75 Å². The number of aliphatic hydroxyl groups is 1. The minimum Gasteiger partial charge on any atom is -0.494 e. The Morgan fingerprint density at radius 3 is 2.50 bits per heavy atom. The predicted octanol–water partition coefficient (Wildman–Crippen LogP) is 3.40. The van der Waals surface area contributed by atoms with Gasteiger partial charge in [-0.05, 0) is 53.6 Å². The number of aliphatic hydroxyl groups excluding tert-OH is 1. The summed E-state index contributed by atoms with van der Waals surface area (Å²) in [4.78, 5) is 0. The van der Waals surface area contributed by atoms with Crippen LogP contribution in [0.4, 0.5) is 4.39 Å². The van der Waals surface area contributed by atoms with Crippen LogP contribution in [0.25, 0.3) is 0 Å². The number of hydrogen-bond donors (Lipinski definition) is 1. The number of fused-ring (bicyclic) bond motifs is 1. The third-order valence-electron chi connectivity index (χ3n) is 3.93. The summed E-state index contributed by atoms with van der Waals surface area (Å²) in [5.41, 5.74) is 4.02. The standard InChI is InChI=1S/C17H17FO2/c1-20-16-8-7-14(10-15(16)18)17(19)13-6-5-11-3-2-4-12(11)9-13/h5-10,17,19H,2-4H2,1H3. The van der Waals surface area contributed by atoms with Crippen molar-refractivity contribution in [3.05, 3.63) is 64.5 Å². The summed E-state index contributed by atoms with van der Waals surface area (Å²) < 4.78 is 18.6. The van der Waals surface area contributed by atoms with Crippen LogP contribution in [0.3, 0.4) is 0 Å². The first-order chi connectivity index (χ1) is 9.69. The maximum Gasteiger partial charge on any atom is 0.165 e. The fourth-order valence-corrected chi connectivity index (χ4v) is 2.81. The van der Waals surface area contributed by atoms with Crippen molar-refractivity contribution in [3.8, 4) is 5.75 Å². The van der Waals surface area contributed by atoms with Crippen molar-refractivity contribution in [1.82, 2.24) is 0 Å². The maximum atomic E-state index is 13.7. The molecule has 1 aliphatic rings. The fourth-order valence-electron chi connectivity index (χ4n) is 2.81. The number of hydrogen-bond acceptors (Lipinski definition) is 2. The highest BCUT2D eigenvalue weighted by Crippen LogP contribution is 2.30. The Morgan fingerprint density at radius 1 is 1.05 bits per heavy atom. The zero-order valence-electron chi connectivity index (χ0n) is 11.4. The second kappa shape index (κ2) is 5.25. The molecule has 0 amide bonds. The van der Waals surface area contributed by atoms with Crippen molar-refractivity contribution >= 4 is 0 Å². The first-order valence-electron chi connectivity index (χ1n) is 6.82. The van der Waals surface area contributed by atoms with Crippen molar-refractivity contribution in [1.29, 1.82) is 0 Å². The normalized spacial score (nSPS) is 14.9. The van der Waals surface area contributed by atoms with E-state index in [2.05, 4.69) is 6.07 Å². The van der Waals surface area contributed by atoms with E-state index in [1.54, 1.807) is 12.1 Å². The van der Waals surface area contributed by atoms with Gasteiger partial charge in [0.1, 0.15) is 6.10 Å². The van der Waals surface area contributed by atoms with Crippen LogP contribution in [-0.2, 0) is 12.8 Å². The summed E-state index contributed by atoms with van der Waals surface area (Å²) >= 11 is 0. The molecule has 20 heavy (non-hydrogen) atoms. The van der Waals surface area contributed by atoms with Gasteiger partial charge in [-0.25, -0.2) is 4.39 Å². The largest absolute Gasteiger partial charge is 0.494 e. The average molecular weight is 272 g/mol. The van der Waals surface area contributed by atoms with E-state index in [0.29, 0.717) is 5.56 Å². The molecule has 0 heterocycles. The van der Waals surface area contributed by atoms with Gasteiger partial charge in [0.05, 0.1) is 7.11 Å². The Bertz CT molecular complexity index is 637. The van der Waals surface area contributed by atoms with E-state index in [9.17, 15) is 9.50 Å².